The number of carbonyl (C=O) groups is 3. The Morgan fingerprint density at radius 2 is 1.58 bits per heavy atom. The van der Waals surface area contributed by atoms with E-state index in [2.05, 4.69) is 30.2 Å². The number of fused-ring (bicyclic) bond motifs is 1. The Balaban J connectivity index is 1.47. The number of azo groups is 1. The van der Waals surface area contributed by atoms with E-state index in [1.807, 2.05) is 6.92 Å². The number of nitrogens with zero attached hydrogens (tertiary/aromatic N) is 2. The molecule has 5 aromatic rings. The number of aryl methyl sites for hydroxylation is 1. The number of anilines is 2. The molecule has 0 aliphatic rings. The number of hydrogen-bond donors (Lipinski definition) is 5. The number of ketones is 1. The van der Waals surface area contributed by atoms with Crippen LogP contribution in [0.25, 0.3) is 10.8 Å². The Bertz CT molecular complexity index is 2320. The summed E-state index contributed by atoms with van der Waals surface area (Å²) < 4.78 is 49.3. The number of nitrogens with one attached hydrogen (secondary N) is 2. The number of phenolic OH excluding ortho intramolecular Hbond substituents is 1. The molecule has 0 fully saturated rings. The number of methoxy groups -OCH3 is 1. The van der Waals surface area contributed by atoms with Gasteiger partial charge in [-0.1, -0.05) is 47.0 Å². The highest BCUT2D eigenvalue weighted by Crippen LogP contribution is 2.47. The summed E-state index contributed by atoms with van der Waals surface area (Å²) in [6, 6.07) is 22.4. The first-order chi connectivity index (χ1) is 25.3. The fourth-order valence-corrected chi connectivity index (χ4v) is 6.02. The molecule has 1 unspecified atom stereocenters. The minimum Gasteiger partial charge on any atom is -0.505 e. The summed E-state index contributed by atoms with van der Waals surface area (Å²) in [6.07, 6.45) is -1.61. The van der Waals surface area contributed by atoms with Crippen LogP contribution in [0.1, 0.15) is 22.8 Å². The van der Waals surface area contributed by atoms with Gasteiger partial charge in [0.05, 0.1) is 46.0 Å². The number of rotatable bonds is 14. The summed E-state index contributed by atoms with van der Waals surface area (Å²) in [4.78, 5) is 38.4. The zero-order chi connectivity index (χ0) is 38.3. The summed E-state index contributed by atoms with van der Waals surface area (Å²) in [5, 5.41) is 37.0. The summed E-state index contributed by atoms with van der Waals surface area (Å²) in [5.41, 5.74) is 1.28. The number of Topliss-reactive ketones (excluding diaryl/α,β-unsaturated/α-hetero) is 1. The third-order valence-electron chi connectivity index (χ3n) is 7.42. The molecule has 0 aromatic heterocycles. The number of aromatic hydroxyl groups is 1. The summed E-state index contributed by atoms with van der Waals surface area (Å²) in [5.74, 6) is -2.05. The largest absolute Gasteiger partial charge is 0.505 e. The average molecular weight is 763 g/mol. The number of hydrogen-bond acceptors (Lipinski definition) is 14. The van der Waals surface area contributed by atoms with Gasteiger partial charge in [-0.05, 0) is 66.9 Å². The molecule has 0 bridgehead atoms. The monoisotopic (exact) mass is 762 g/mol. The zero-order valence-electron chi connectivity index (χ0n) is 28.0. The second kappa shape index (κ2) is 16.6. The van der Waals surface area contributed by atoms with E-state index in [0.29, 0.717) is 23.5 Å². The van der Waals surface area contributed by atoms with Crippen LogP contribution in [0.4, 0.5) is 22.7 Å². The van der Waals surface area contributed by atoms with Gasteiger partial charge in [-0.3, -0.25) is 18.9 Å². The minimum absolute atomic E-state index is 0.0235. The van der Waals surface area contributed by atoms with Gasteiger partial charge in [0.15, 0.2) is 5.75 Å². The van der Waals surface area contributed by atoms with Crippen molar-refractivity contribution in [1.29, 1.82) is 0 Å². The van der Waals surface area contributed by atoms with E-state index in [1.54, 1.807) is 48.5 Å². The van der Waals surface area contributed by atoms with Gasteiger partial charge in [-0.2, -0.15) is 13.5 Å². The maximum atomic E-state index is 13.6. The van der Waals surface area contributed by atoms with Gasteiger partial charge in [0.25, 0.3) is 16.0 Å². The molecular formula is C35H30N4O12S2. The third kappa shape index (κ3) is 9.32. The van der Waals surface area contributed by atoms with Crippen LogP contribution in [0.15, 0.2) is 111 Å². The smallest absolute Gasteiger partial charge is 0.294 e. The van der Waals surface area contributed by atoms with E-state index in [4.69, 9.17) is 14.7 Å². The van der Waals surface area contributed by atoms with Crippen LogP contribution in [-0.4, -0.2) is 54.1 Å². The van der Waals surface area contributed by atoms with Crippen molar-refractivity contribution in [2.45, 2.75) is 29.7 Å². The topological polar surface area (TPSA) is 232 Å². The maximum absolute atomic E-state index is 13.6. The Morgan fingerprint density at radius 3 is 2.23 bits per heavy atom. The molecule has 0 aliphatic carbocycles. The molecule has 0 saturated carbocycles. The van der Waals surface area contributed by atoms with Crippen LogP contribution >= 0.6 is 12.0 Å². The molecule has 274 valence electrons. The average Bonchev–Trinajstić information content (AvgIpc) is 3.12. The van der Waals surface area contributed by atoms with Gasteiger partial charge in [0, 0.05) is 17.9 Å². The highest BCUT2D eigenvalue weighted by molar-refractivity contribution is 7.94. The fourth-order valence-electron chi connectivity index (χ4n) is 4.99. The van der Waals surface area contributed by atoms with Gasteiger partial charge in [0.2, 0.25) is 17.8 Å². The highest BCUT2D eigenvalue weighted by Gasteiger charge is 2.31. The van der Waals surface area contributed by atoms with Gasteiger partial charge < -0.3 is 25.2 Å². The van der Waals surface area contributed by atoms with Crippen LogP contribution in [0.2, 0.25) is 0 Å². The first kappa shape index (κ1) is 38.3. The predicted octanol–water partition coefficient (Wildman–Crippen LogP) is 7.18. The van der Waals surface area contributed by atoms with Crippen LogP contribution in [-0.2, 0) is 29.1 Å². The first-order valence-corrected chi connectivity index (χ1v) is 17.4. The Labute approximate surface area is 306 Å². The van der Waals surface area contributed by atoms with Crippen molar-refractivity contribution in [2.24, 2.45) is 10.2 Å². The van der Waals surface area contributed by atoms with Gasteiger partial charge in [0.1, 0.15) is 17.2 Å². The second-order valence-corrected chi connectivity index (χ2v) is 13.3. The summed E-state index contributed by atoms with van der Waals surface area (Å²) in [7, 11) is -3.30. The highest BCUT2D eigenvalue weighted by atomic mass is 32.2. The van der Waals surface area contributed by atoms with Crippen molar-refractivity contribution in [3.63, 3.8) is 0 Å². The molecule has 5 N–H and O–H groups in total. The number of amides is 2. The third-order valence-corrected chi connectivity index (χ3v) is 8.87. The lowest BCUT2D eigenvalue weighted by atomic mass is 10.0. The molecule has 0 aliphatic heterocycles. The molecule has 5 rings (SSSR count). The summed E-state index contributed by atoms with van der Waals surface area (Å²) >= 11 is 0.378. The quantitative estimate of drug-likeness (QED) is 0.0144. The van der Waals surface area contributed by atoms with E-state index < -0.39 is 44.5 Å². The molecule has 5 aromatic carbocycles. The van der Waals surface area contributed by atoms with Crippen LogP contribution in [0.5, 0.6) is 17.2 Å². The SMILES string of the molecule is COc1ccccc1NC(=O)C(Oc1ccc(N=Nc2c(SOOO)cc3cc(S(=O)(=O)O)cc(NC(C)=O)c3c2O)cc1)C(=O)c1ccc(C)cc1. The van der Waals surface area contributed by atoms with Crippen LogP contribution in [0.3, 0.4) is 0 Å². The molecule has 16 nitrogen and oxygen atoms in total. The second-order valence-electron chi connectivity index (χ2n) is 11.1. The predicted molar refractivity (Wildman–Crippen MR) is 193 cm³/mol. The van der Waals surface area contributed by atoms with Crippen LogP contribution in [0, 0.1) is 6.92 Å². The Hall–Kier alpha value is -5.89. The normalized spacial score (nSPS) is 12.0. The molecule has 53 heavy (non-hydrogen) atoms. The Kier molecular flexibility index (Phi) is 12.0. The molecule has 1 atom stereocenters. The number of para-hydroxylation sites is 2. The number of carbonyl (C=O) groups excluding carboxylic acids is 3. The summed E-state index contributed by atoms with van der Waals surface area (Å²) in [6.45, 7) is 3.01. The molecule has 0 radical (unpaired) electrons. The zero-order valence-corrected chi connectivity index (χ0v) is 29.6. The van der Waals surface area contributed by atoms with Crippen molar-refractivity contribution in [3.8, 4) is 17.2 Å². The standard InChI is InChI=1S/C35H30N4O12S2/c1-19-8-10-21(11-9-19)32(41)34(35(43)37-26-6-4-5-7-28(26)48-3)49-24-14-12-23(13-15-24)38-39-31-29(52-51-50-44)17-22-16-25(53(45,46)47)18-27(36-20(2)40)30(22)33(31)42/h4-18,34,42,44H,1-3H3,(H,36,40)(H,37,43)(H,45,46,47). The van der Waals surface area contributed by atoms with Gasteiger partial charge in [-0.25, -0.2) is 5.26 Å². The lowest BCUT2D eigenvalue weighted by Gasteiger charge is -2.19. The van der Waals surface area contributed by atoms with Gasteiger partial charge >= 0.3 is 0 Å². The van der Waals surface area contributed by atoms with E-state index in [-0.39, 0.29) is 44.0 Å². The number of ether oxygens (including phenoxy) is 2. The number of phenols is 1. The van der Waals surface area contributed by atoms with Crippen molar-refractivity contribution in [2.75, 3.05) is 17.7 Å². The molecule has 18 heteroatoms. The van der Waals surface area contributed by atoms with Crippen molar-refractivity contribution in [1.82, 2.24) is 0 Å². The molecular weight excluding hydrogens is 733 g/mol. The molecule has 0 heterocycles. The van der Waals surface area contributed by atoms with Crippen LogP contribution < -0.4 is 20.1 Å². The molecule has 2 amide bonds. The lowest BCUT2D eigenvalue weighted by Crippen LogP contribution is -2.40. The first-order valence-electron chi connectivity index (χ1n) is 15.3. The van der Waals surface area contributed by atoms with Gasteiger partial charge in [-0.15, -0.1) is 9.45 Å². The number of benzene rings is 5. The molecule has 0 saturated heterocycles. The minimum atomic E-state index is -4.74. The van der Waals surface area contributed by atoms with Crippen molar-refractivity contribution >= 4 is 73.3 Å². The van der Waals surface area contributed by atoms with E-state index in [9.17, 15) is 32.5 Å². The van der Waals surface area contributed by atoms with E-state index in [0.717, 1.165) is 24.6 Å². The van der Waals surface area contributed by atoms with Crippen molar-refractivity contribution < 1.29 is 56.6 Å². The lowest BCUT2D eigenvalue weighted by molar-refractivity contribution is -0.432. The molecule has 0 spiro atoms. The van der Waals surface area contributed by atoms with Crippen molar-refractivity contribution in [3.05, 3.63) is 102 Å². The van der Waals surface area contributed by atoms with E-state index >= 15 is 0 Å². The Morgan fingerprint density at radius 1 is 0.887 bits per heavy atom. The maximum Gasteiger partial charge on any atom is 0.294 e. The fraction of sp³-hybridized carbons (Fsp3) is 0.114. The van der Waals surface area contributed by atoms with E-state index in [1.165, 1.54) is 37.4 Å².